The number of hydrogen-bond donors (Lipinski definition) is 2. The Labute approximate surface area is 152 Å². The summed E-state index contributed by atoms with van der Waals surface area (Å²) >= 11 is 0. The maximum absolute atomic E-state index is 12.7. The molecule has 1 saturated carbocycles. The van der Waals surface area contributed by atoms with Crippen LogP contribution in [0.2, 0.25) is 0 Å². The van der Waals surface area contributed by atoms with E-state index >= 15 is 0 Å². The molecule has 138 valence electrons. The predicted octanol–water partition coefficient (Wildman–Crippen LogP) is 2.85. The van der Waals surface area contributed by atoms with Gasteiger partial charge in [0.15, 0.2) is 0 Å². The van der Waals surface area contributed by atoms with Gasteiger partial charge < -0.3 is 14.8 Å². The molecular formula is C18H20N2O5S. The van der Waals surface area contributed by atoms with E-state index in [1.165, 1.54) is 26.4 Å². The van der Waals surface area contributed by atoms with Gasteiger partial charge in [-0.1, -0.05) is 0 Å². The molecule has 2 aromatic rings. The van der Waals surface area contributed by atoms with Crippen molar-refractivity contribution in [2.24, 2.45) is 5.92 Å². The van der Waals surface area contributed by atoms with Crippen molar-refractivity contribution < 1.29 is 22.7 Å². The van der Waals surface area contributed by atoms with Gasteiger partial charge in [0.25, 0.3) is 10.0 Å². The Morgan fingerprint density at radius 2 is 1.65 bits per heavy atom. The van der Waals surface area contributed by atoms with Crippen LogP contribution in [0.15, 0.2) is 47.4 Å². The monoisotopic (exact) mass is 376 g/mol. The highest BCUT2D eigenvalue weighted by molar-refractivity contribution is 7.92. The smallest absolute Gasteiger partial charge is 0.265 e. The second-order valence-electron chi connectivity index (χ2n) is 5.96. The fourth-order valence-corrected chi connectivity index (χ4v) is 3.66. The van der Waals surface area contributed by atoms with Gasteiger partial charge in [0.05, 0.1) is 14.2 Å². The highest BCUT2D eigenvalue weighted by Crippen LogP contribution is 2.31. The van der Waals surface area contributed by atoms with Crippen molar-refractivity contribution in [3.05, 3.63) is 42.5 Å². The van der Waals surface area contributed by atoms with Crippen LogP contribution in [0.3, 0.4) is 0 Å². The summed E-state index contributed by atoms with van der Waals surface area (Å²) in [6.45, 7) is 0. The van der Waals surface area contributed by atoms with Crippen LogP contribution in [0.25, 0.3) is 0 Å². The van der Waals surface area contributed by atoms with E-state index in [1.54, 1.807) is 30.3 Å². The van der Waals surface area contributed by atoms with Crippen molar-refractivity contribution in [1.29, 1.82) is 0 Å². The third-order valence-corrected chi connectivity index (χ3v) is 5.42. The van der Waals surface area contributed by atoms with E-state index in [-0.39, 0.29) is 22.5 Å². The Bertz CT molecular complexity index is 906. The minimum Gasteiger partial charge on any atom is -0.497 e. The first kappa shape index (κ1) is 18.1. The number of nitrogens with one attached hydrogen (secondary N) is 2. The maximum Gasteiger partial charge on any atom is 0.265 e. The van der Waals surface area contributed by atoms with Crippen LogP contribution < -0.4 is 19.5 Å². The minimum atomic E-state index is -3.87. The number of carbonyl (C=O) groups is 1. The summed E-state index contributed by atoms with van der Waals surface area (Å²) in [5.41, 5.74) is 1.00. The molecule has 1 aliphatic carbocycles. The topological polar surface area (TPSA) is 93.7 Å². The molecule has 1 fully saturated rings. The van der Waals surface area contributed by atoms with Crippen LogP contribution in [0.1, 0.15) is 12.8 Å². The zero-order chi connectivity index (χ0) is 18.7. The first-order chi connectivity index (χ1) is 12.4. The van der Waals surface area contributed by atoms with Crippen LogP contribution in [0, 0.1) is 5.92 Å². The largest absolute Gasteiger partial charge is 0.497 e. The predicted molar refractivity (Wildman–Crippen MR) is 98.2 cm³/mol. The normalized spacial score (nSPS) is 13.8. The fourth-order valence-electron chi connectivity index (χ4n) is 2.42. The number of amides is 1. The molecule has 0 aliphatic heterocycles. The molecule has 7 nitrogen and oxygen atoms in total. The molecule has 26 heavy (non-hydrogen) atoms. The zero-order valence-corrected chi connectivity index (χ0v) is 15.3. The lowest BCUT2D eigenvalue weighted by molar-refractivity contribution is -0.117. The lowest BCUT2D eigenvalue weighted by atomic mass is 10.2. The SMILES string of the molecule is COc1ccc(OC)c(S(=O)(=O)Nc2ccc(NC(=O)C3CC3)cc2)c1. The van der Waals surface area contributed by atoms with Crippen molar-refractivity contribution in [2.75, 3.05) is 24.3 Å². The number of rotatable bonds is 7. The van der Waals surface area contributed by atoms with E-state index < -0.39 is 10.0 Å². The molecule has 1 aliphatic rings. The van der Waals surface area contributed by atoms with Crippen molar-refractivity contribution in [1.82, 2.24) is 0 Å². The van der Waals surface area contributed by atoms with Gasteiger partial charge >= 0.3 is 0 Å². The van der Waals surface area contributed by atoms with Gasteiger partial charge in [0, 0.05) is 23.4 Å². The molecule has 3 rings (SSSR count). The molecule has 0 aromatic heterocycles. The number of benzene rings is 2. The van der Waals surface area contributed by atoms with E-state index in [2.05, 4.69) is 10.0 Å². The summed E-state index contributed by atoms with van der Waals surface area (Å²) in [7, 11) is -1.01. The average molecular weight is 376 g/mol. The Hall–Kier alpha value is -2.74. The van der Waals surface area contributed by atoms with Crippen LogP contribution in [0.5, 0.6) is 11.5 Å². The molecular weight excluding hydrogens is 356 g/mol. The quantitative estimate of drug-likeness (QED) is 0.775. The molecule has 0 unspecified atom stereocenters. The van der Waals surface area contributed by atoms with Crippen LogP contribution in [-0.2, 0) is 14.8 Å². The molecule has 0 atom stereocenters. The van der Waals surface area contributed by atoms with Crippen molar-refractivity contribution in [3.8, 4) is 11.5 Å². The highest BCUT2D eigenvalue weighted by Gasteiger charge is 2.29. The first-order valence-corrected chi connectivity index (χ1v) is 9.57. The highest BCUT2D eigenvalue weighted by atomic mass is 32.2. The van der Waals surface area contributed by atoms with E-state index in [1.807, 2.05) is 0 Å². The lowest BCUT2D eigenvalue weighted by Crippen LogP contribution is -2.15. The van der Waals surface area contributed by atoms with Crippen molar-refractivity contribution in [2.45, 2.75) is 17.7 Å². The Morgan fingerprint density at radius 1 is 1.00 bits per heavy atom. The van der Waals surface area contributed by atoms with Crippen molar-refractivity contribution >= 4 is 27.3 Å². The second kappa shape index (κ2) is 7.25. The van der Waals surface area contributed by atoms with Gasteiger partial charge in [-0.25, -0.2) is 8.42 Å². The third kappa shape index (κ3) is 4.08. The molecule has 8 heteroatoms. The average Bonchev–Trinajstić information content (AvgIpc) is 3.48. The number of methoxy groups -OCH3 is 2. The number of sulfonamides is 1. The molecule has 1 amide bonds. The van der Waals surface area contributed by atoms with Gasteiger partial charge in [0.2, 0.25) is 5.91 Å². The first-order valence-electron chi connectivity index (χ1n) is 8.09. The molecule has 0 saturated heterocycles. The molecule has 0 radical (unpaired) electrons. The van der Waals surface area contributed by atoms with Crippen LogP contribution in [-0.4, -0.2) is 28.5 Å². The second-order valence-corrected chi connectivity index (χ2v) is 7.61. The number of anilines is 2. The third-order valence-electron chi connectivity index (χ3n) is 4.01. The molecule has 0 bridgehead atoms. The summed E-state index contributed by atoms with van der Waals surface area (Å²) in [5.74, 6) is 0.726. The molecule has 2 aromatic carbocycles. The summed E-state index contributed by atoms with van der Waals surface area (Å²) < 4.78 is 38.1. The summed E-state index contributed by atoms with van der Waals surface area (Å²) in [6.07, 6.45) is 1.85. The van der Waals surface area contributed by atoms with Gasteiger partial charge in [-0.3, -0.25) is 9.52 Å². The standard InChI is InChI=1S/C18H20N2O5S/c1-24-15-9-10-16(25-2)17(11-15)26(22,23)20-14-7-5-13(6-8-14)19-18(21)12-3-4-12/h5-12,20H,3-4H2,1-2H3,(H,19,21). The minimum absolute atomic E-state index is 0.000511. The summed E-state index contributed by atoms with van der Waals surface area (Å²) in [4.78, 5) is 11.7. The molecule has 0 spiro atoms. The van der Waals surface area contributed by atoms with E-state index in [4.69, 9.17) is 9.47 Å². The Morgan fingerprint density at radius 3 is 2.23 bits per heavy atom. The van der Waals surface area contributed by atoms with E-state index in [9.17, 15) is 13.2 Å². The van der Waals surface area contributed by atoms with Crippen LogP contribution in [0.4, 0.5) is 11.4 Å². The van der Waals surface area contributed by atoms with E-state index in [0.717, 1.165) is 12.8 Å². The van der Waals surface area contributed by atoms with Gasteiger partial charge in [-0.05, 0) is 49.2 Å². The molecule has 2 N–H and O–H groups in total. The summed E-state index contributed by atoms with van der Waals surface area (Å²) in [6, 6.07) is 11.0. The zero-order valence-electron chi connectivity index (χ0n) is 14.5. The molecule has 0 heterocycles. The Kier molecular flexibility index (Phi) is 5.03. The maximum atomic E-state index is 12.7. The Balaban J connectivity index is 1.77. The van der Waals surface area contributed by atoms with Gasteiger partial charge in [-0.2, -0.15) is 0 Å². The summed E-state index contributed by atoms with van der Waals surface area (Å²) in [5, 5.41) is 2.81. The number of hydrogen-bond acceptors (Lipinski definition) is 5. The number of ether oxygens (including phenoxy) is 2. The number of carbonyl (C=O) groups excluding carboxylic acids is 1. The fraction of sp³-hybridized carbons (Fsp3) is 0.278. The lowest BCUT2D eigenvalue weighted by Gasteiger charge is -2.13. The van der Waals surface area contributed by atoms with Gasteiger partial charge in [0.1, 0.15) is 16.4 Å². The van der Waals surface area contributed by atoms with Crippen molar-refractivity contribution in [3.63, 3.8) is 0 Å². The van der Waals surface area contributed by atoms with E-state index in [0.29, 0.717) is 17.1 Å². The van der Waals surface area contributed by atoms with Gasteiger partial charge in [-0.15, -0.1) is 0 Å². The van der Waals surface area contributed by atoms with Crippen LogP contribution >= 0.6 is 0 Å².